The van der Waals surface area contributed by atoms with Crippen LogP contribution in [0.1, 0.15) is 20.3 Å². The molecule has 0 saturated carbocycles. The van der Waals surface area contributed by atoms with Gasteiger partial charge in [0.1, 0.15) is 0 Å². The Kier molecular flexibility index (Phi) is 4.52. The van der Waals surface area contributed by atoms with Crippen molar-refractivity contribution in [1.29, 1.82) is 0 Å². The van der Waals surface area contributed by atoms with Gasteiger partial charge in [0.15, 0.2) is 0 Å². The first kappa shape index (κ1) is 15.0. The Balaban J connectivity index is 2.20. The molecule has 21 heavy (non-hydrogen) atoms. The fourth-order valence-corrected chi connectivity index (χ4v) is 2.29. The van der Waals surface area contributed by atoms with E-state index >= 15 is 0 Å². The van der Waals surface area contributed by atoms with E-state index in [1.54, 1.807) is 13.8 Å². The summed E-state index contributed by atoms with van der Waals surface area (Å²) in [5.74, 6) is -1.09. The number of allylic oxidation sites excluding steroid dienone is 1. The number of ether oxygens (including phenoxy) is 1. The van der Waals surface area contributed by atoms with Crippen LogP contribution in [-0.2, 0) is 14.3 Å². The van der Waals surface area contributed by atoms with Crippen LogP contribution in [0.15, 0.2) is 46.6 Å². The molecule has 0 radical (unpaired) electrons. The Morgan fingerprint density at radius 3 is 2.52 bits per heavy atom. The van der Waals surface area contributed by atoms with Crippen LogP contribution in [0.2, 0.25) is 0 Å². The number of anilines is 1. The number of nitrogens with one attached hydrogen (secondary N) is 1. The van der Waals surface area contributed by atoms with E-state index in [1.807, 2.05) is 30.3 Å². The monoisotopic (exact) mass is 286 g/mol. The first-order valence-corrected chi connectivity index (χ1v) is 6.72. The number of esters is 1. The molecule has 1 aromatic carbocycles. The van der Waals surface area contributed by atoms with Gasteiger partial charge >= 0.3 is 5.97 Å². The number of aliphatic imine (C=N–C) groups is 1. The molecule has 1 N–H and O–H groups in total. The summed E-state index contributed by atoms with van der Waals surface area (Å²) in [5, 5.41) is 2.82. The number of benzene rings is 1. The van der Waals surface area contributed by atoms with Gasteiger partial charge in [0.2, 0.25) is 0 Å². The highest BCUT2D eigenvalue weighted by Crippen LogP contribution is 2.26. The lowest BCUT2D eigenvalue weighted by atomic mass is 9.91. The Morgan fingerprint density at radius 1 is 1.24 bits per heavy atom. The van der Waals surface area contributed by atoms with Crippen LogP contribution in [0, 0.1) is 5.92 Å². The molecule has 0 bridgehead atoms. The largest absolute Gasteiger partial charge is 0.469 e. The normalized spacial score (nSPS) is 18.0. The maximum atomic E-state index is 12.4. The Morgan fingerprint density at radius 2 is 1.90 bits per heavy atom. The highest BCUT2D eigenvalue weighted by molar-refractivity contribution is 6.09. The molecule has 1 aliphatic rings. The van der Waals surface area contributed by atoms with E-state index in [0.717, 1.165) is 0 Å². The fourth-order valence-electron chi connectivity index (χ4n) is 2.29. The minimum Gasteiger partial charge on any atom is -0.469 e. The van der Waals surface area contributed by atoms with Gasteiger partial charge in [0, 0.05) is 22.7 Å². The molecule has 1 unspecified atom stereocenters. The van der Waals surface area contributed by atoms with Crippen molar-refractivity contribution in [3.8, 4) is 0 Å². The second-order valence-electron chi connectivity index (χ2n) is 4.92. The zero-order valence-corrected chi connectivity index (χ0v) is 12.3. The standard InChI is InChI=1S/C16H18N2O3/c1-10-13(9-14(11(2)17-10)16(20)21-3)15(19)18-12-7-5-4-6-8-12/h4-8,14H,9H2,1-3H3,(H,18,19). The molecule has 0 fully saturated rings. The number of hydrogen-bond acceptors (Lipinski definition) is 4. The number of para-hydroxylation sites is 1. The smallest absolute Gasteiger partial charge is 0.314 e. The topological polar surface area (TPSA) is 67.8 Å². The van der Waals surface area contributed by atoms with E-state index < -0.39 is 5.92 Å². The van der Waals surface area contributed by atoms with E-state index in [1.165, 1.54) is 7.11 Å². The molecular formula is C16H18N2O3. The summed E-state index contributed by atoms with van der Waals surface area (Å²) in [7, 11) is 1.34. The van der Waals surface area contributed by atoms with Gasteiger partial charge in [0.25, 0.3) is 5.91 Å². The highest BCUT2D eigenvalue weighted by Gasteiger charge is 2.30. The summed E-state index contributed by atoms with van der Waals surface area (Å²) in [6.07, 6.45) is 0.312. The van der Waals surface area contributed by atoms with Crippen molar-refractivity contribution in [3.63, 3.8) is 0 Å². The van der Waals surface area contributed by atoms with E-state index in [4.69, 9.17) is 4.74 Å². The van der Waals surface area contributed by atoms with Crippen molar-refractivity contribution in [1.82, 2.24) is 0 Å². The van der Waals surface area contributed by atoms with Crippen LogP contribution >= 0.6 is 0 Å². The van der Waals surface area contributed by atoms with Crippen molar-refractivity contribution in [2.45, 2.75) is 20.3 Å². The molecule has 5 heteroatoms. The van der Waals surface area contributed by atoms with Crippen LogP contribution in [-0.4, -0.2) is 24.7 Å². The summed E-state index contributed by atoms with van der Waals surface area (Å²) in [6.45, 7) is 3.55. The molecule has 1 aliphatic heterocycles. The van der Waals surface area contributed by atoms with Gasteiger partial charge < -0.3 is 10.1 Å². The molecule has 110 valence electrons. The minimum atomic E-state index is -0.491. The number of hydrogen-bond donors (Lipinski definition) is 1. The second kappa shape index (κ2) is 6.35. The molecule has 0 spiro atoms. The lowest BCUT2D eigenvalue weighted by molar-refractivity contribution is -0.143. The summed E-state index contributed by atoms with van der Waals surface area (Å²) in [6, 6.07) is 9.18. The van der Waals surface area contributed by atoms with E-state index in [2.05, 4.69) is 10.3 Å². The molecule has 5 nitrogen and oxygen atoms in total. The Bertz CT molecular complexity index is 618. The zero-order valence-electron chi connectivity index (χ0n) is 12.3. The predicted molar refractivity (Wildman–Crippen MR) is 81.0 cm³/mol. The molecule has 2 rings (SSSR count). The summed E-state index contributed by atoms with van der Waals surface area (Å²) >= 11 is 0. The molecule has 0 saturated heterocycles. The van der Waals surface area contributed by atoms with Gasteiger partial charge in [-0.05, 0) is 32.4 Å². The SMILES string of the molecule is COC(=O)C1CC(C(=O)Nc2ccccc2)=C(C)N=C1C. The van der Waals surface area contributed by atoms with Crippen LogP contribution in [0.25, 0.3) is 0 Å². The average molecular weight is 286 g/mol. The van der Waals surface area contributed by atoms with Crippen LogP contribution in [0.4, 0.5) is 5.69 Å². The third-order valence-electron chi connectivity index (χ3n) is 3.48. The fraction of sp³-hybridized carbons (Fsp3) is 0.312. The molecule has 0 aliphatic carbocycles. The van der Waals surface area contributed by atoms with Crippen molar-refractivity contribution in [2.75, 3.05) is 12.4 Å². The van der Waals surface area contributed by atoms with Gasteiger partial charge in [-0.1, -0.05) is 18.2 Å². The van der Waals surface area contributed by atoms with Crippen molar-refractivity contribution < 1.29 is 14.3 Å². The summed E-state index contributed by atoms with van der Waals surface area (Å²) < 4.78 is 4.77. The molecule has 1 heterocycles. The predicted octanol–water partition coefficient (Wildman–Crippen LogP) is 2.55. The first-order valence-electron chi connectivity index (χ1n) is 6.72. The van der Waals surface area contributed by atoms with Crippen LogP contribution < -0.4 is 5.32 Å². The van der Waals surface area contributed by atoms with Gasteiger partial charge in [-0.25, -0.2) is 0 Å². The second-order valence-corrected chi connectivity index (χ2v) is 4.92. The number of nitrogens with zero attached hydrogens (tertiary/aromatic N) is 1. The summed E-state index contributed by atoms with van der Waals surface area (Å²) in [4.78, 5) is 28.4. The average Bonchev–Trinajstić information content (AvgIpc) is 2.47. The number of rotatable bonds is 3. The quantitative estimate of drug-likeness (QED) is 0.868. The molecule has 1 aromatic rings. The van der Waals surface area contributed by atoms with Crippen LogP contribution in [0.3, 0.4) is 0 Å². The lowest BCUT2D eigenvalue weighted by Gasteiger charge is -2.22. The number of carbonyl (C=O) groups excluding carboxylic acids is 2. The molecule has 1 amide bonds. The third kappa shape index (κ3) is 3.37. The van der Waals surface area contributed by atoms with Gasteiger partial charge in [-0.15, -0.1) is 0 Å². The van der Waals surface area contributed by atoms with E-state index in [-0.39, 0.29) is 11.9 Å². The van der Waals surface area contributed by atoms with Crippen molar-refractivity contribution in [3.05, 3.63) is 41.6 Å². The third-order valence-corrected chi connectivity index (χ3v) is 3.48. The van der Waals surface area contributed by atoms with Crippen molar-refractivity contribution in [2.24, 2.45) is 10.9 Å². The molecule has 0 aromatic heterocycles. The highest BCUT2D eigenvalue weighted by atomic mass is 16.5. The van der Waals surface area contributed by atoms with E-state index in [9.17, 15) is 9.59 Å². The minimum absolute atomic E-state index is 0.233. The lowest BCUT2D eigenvalue weighted by Crippen LogP contribution is -2.30. The summed E-state index contributed by atoms with van der Waals surface area (Å²) in [5.41, 5.74) is 2.54. The zero-order chi connectivity index (χ0) is 15.4. The molecular weight excluding hydrogens is 268 g/mol. The maximum Gasteiger partial charge on any atom is 0.314 e. The number of amides is 1. The van der Waals surface area contributed by atoms with Gasteiger partial charge in [0.05, 0.1) is 13.0 Å². The van der Waals surface area contributed by atoms with Gasteiger partial charge in [-0.3, -0.25) is 14.6 Å². The Labute approximate surface area is 123 Å². The maximum absolute atomic E-state index is 12.4. The van der Waals surface area contributed by atoms with E-state index in [0.29, 0.717) is 29.1 Å². The van der Waals surface area contributed by atoms with Crippen LogP contribution in [0.5, 0.6) is 0 Å². The van der Waals surface area contributed by atoms with Crippen molar-refractivity contribution >= 4 is 23.3 Å². The number of methoxy groups -OCH3 is 1. The number of carbonyl (C=O) groups is 2. The molecule has 1 atom stereocenters. The van der Waals surface area contributed by atoms with Gasteiger partial charge in [-0.2, -0.15) is 0 Å². The first-order chi connectivity index (χ1) is 10.0. The Hall–Kier alpha value is -2.43.